The standard InChI is InChI=1S/C10H20N2O/c1-9(2)13-8-10-7-11-3-5-12(10)6-4-11/h9-10H,3-8H2,1-2H3. The van der Waals surface area contributed by atoms with Crippen LogP contribution in [0.4, 0.5) is 0 Å². The third-order valence-corrected chi connectivity index (χ3v) is 3.01. The average molecular weight is 184 g/mol. The number of hydrogen-bond donors (Lipinski definition) is 0. The first-order chi connectivity index (χ1) is 6.25. The van der Waals surface area contributed by atoms with Crippen molar-refractivity contribution >= 4 is 0 Å². The molecule has 0 aromatic heterocycles. The quantitative estimate of drug-likeness (QED) is 0.632. The maximum atomic E-state index is 5.67. The first-order valence-corrected chi connectivity index (χ1v) is 5.33. The largest absolute Gasteiger partial charge is 0.377 e. The molecular formula is C10H20N2O. The molecule has 2 bridgehead atoms. The molecule has 3 aliphatic rings. The van der Waals surface area contributed by atoms with Crippen LogP contribution in [-0.2, 0) is 4.74 Å². The normalized spacial score (nSPS) is 38.5. The van der Waals surface area contributed by atoms with E-state index in [0.29, 0.717) is 12.1 Å². The van der Waals surface area contributed by atoms with Crippen LogP contribution in [0.5, 0.6) is 0 Å². The summed E-state index contributed by atoms with van der Waals surface area (Å²) in [5.74, 6) is 0. The number of fused-ring (bicyclic) bond motifs is 3. The highest BCUT2D eigenvalue weighted by Crippen LogP contribution is 2.15. The smallest absolute Gasteiger partial charge is 0.0637 e. The van der Waals surface area contributed by atoms with Crippen LogP contribution in [0, 0.1) is 0 Å². The number of rotatable bonds is 3. The Bertz CT molecular complexity index is 164. The molecule has 3 heterocycles. The minimum Gasteiger partial charge on any atom is -0.377 e. The molecule has 0 N–H and O–H groups in total. The van der Waals surface area contributed by atoms with Crippen molar-refractivity contribution in [2.75, 3.05) is 39.3 Å². The number of nitrogens with zero attached hydrogens (tertiary/aromatic N) is 2. The van der Waals surface area contributed by atoms with Crippen molar-refractivity contribution in [2.24, 2.45) is 0 Å². The Balaban J connectivity index is 1.80. The second-order valence-corrected chi connectivity index (χ2v) is 4.37. The Morgan fingerprint density at radius 2 is 1.92 bits per heavy atom. The summed E-state index contributed by atoms with van der Waals surface area (Å²) in [6.07, 6.45) is 0.372. The lowest BCUT2D eigenvalue weighted by atomic mass is 10.1. The van der Waals surface area contributed by atoms with Gasteiger partial charge in [0.2, 0.25) is 0 Å². The second kappa shape index (κ2) is 3.95. The molecule has 0 radical (unpaired) electrons. The van der Waals surface area contributed by atoms with Crippen LogP contribution in [0.15, 0.2) is 0 Å². The fraction of sp³-hybridized carbons (Fsp3) is 1.00. The summed E-state index contributed by atoms with van der Waals surface area (Å²) in [4.78, 5) is 5.12. The zero-order valence-corrected chi connectivity index (χ0v) is 8.70. The zero-order chi connectivity index (χ0) is 9.26. The van der Waals surface area contributed by atoms with E-state index in [1.54, 1.807) is 0 Å². The summed E-state index contributed by atoms with van der Waals surface area (Å²) in [7, 11) is 0. The Morgan fingerprint density at radius 3 is 2.38 bits per heavy atom. The Labute approximate surface area is 80.6 Å². The molecule has 0 amide bonds. The van der Waals surface area contributed by atoms with Crippen LogP contribution in [0.25, 0.3) is 0 Å². The van der Waals surface area contributed by atoms with Gasteiger partial charge >= 0.3 is 0 Å². The molecule has 13 heavy (non-hydrogen) atoms. The molecule has 0 aromatic carbocycles. The van der Waals surface area contributed by atoms with Gasteiger partial charge in [0.1, 0.15) is 0 Å². The van der Waals surface area contributed by atoms with Gasteiger partial charge in [-0.1, -0.05) is 0 Å². The predicted octanol–water partition coefficient (Wildman–Crippen LogP) is 0.411. The van der Waals surface area contributed by atoms with Crippen LogP contribution in [0.1, 0.15) is 13.8 Å². The number of piperazine rings is 3. The van der Waals surface area contributed by atoms with Gasteiger partial charge in [0.25, 0.3) is 0 Å². The van der Waals surface area contributed by atoms with E-state index in [-0.39, 0.29) is 0 Å². The molecule has 0 spiro atoms. The van der Waals surface area contributed by atoms with Gasteiger partial charge in [-0.2, -0.15) is 0 Å². The second-order valence-electron chi connectivity index (χ2n) is 4.37. The molecule has 3 nitrogen and oxygen atoms in total. The van der Waals surface area contributed by atoms with E-state index in [2.05, 4.69) is 23.6 Å². The van der Waals surface area contributed by atoms with Gasteiger partial charge in [-0.15, -0.1) is 0 Å². The van der Waals surface area contributed by atoms with Gasteiger partial charge < -0.3 is 4.74 Å². The van der Waals surface area contributed by atoms with Crippen molar-refractivity contribution in [3.63, 3.8) is 0 Å². The Kier molecular flexibility index (Phi) is 2.86. The van der Waals surface area contributed by atoms with E-state index in [9.17, 15) is 0 Å². The monoisotopic (exact) mass is 184 g/mol. The summed E-state index contributed by atoms with van der Waals surface area (Å²) in [6.45, 7) is 11.4. The van der Waals surface area contributed by atoms with Crippen molar-refractivity contribution in [3.8, 4) is 0 Å². The van der Waals surface area contributed by atoms with Gasteiger partial charge in [0.05, 0.1) is 12.7 Å². The molecule has 0 saturated carbocycles. The third-order valence-electron chi connectivity index (χ3n) is 3.01. The molecule has 3 aliphatic heterocycles. The number of hydrogen-bond acceptors (Lipinski definition) is 3. The summed E-state index contributed by atoms with van der Waals surface area (Å²) < 4.78 is 5.67. The van der Waals surface area contributed by atoms with Gasteiger partial charge in [0, 0.05) is 38.8 Å². The molecule has 1 unspecified atom stereocenters. The summed E-state index contributed by atoms with van der Waals surface area (Å²) in [6, 6.07) is 0.657. The van der Waals surface area contributed by atoms with E-state index < -0.39 is 0 Å². The first kappa shape index (κ1) is 9.44. The highest BCUT2D eigenvalue weighted by Gasteiger charge is 2.31. The SMILES string of the molecule is CC(C)OCC1CN2CCN1CC2. The van der Waals surface area contributed by atoms with E-state index in [4.69, 9.17) is 4.74 Å². The molecule has 3 fully saturated rings. The lowest BCUT2D eigenvalue weighted by Gasteiger charge is -2.47. The van der Waals surface area contributed by atoms with Crippen LogP contribution >= 0.6 is 0 Å². The van der Waals surface area contributed by atoms with E-state index in [1.807, 2.05) is 0 Å². The minimum absolute atomic E-state index is 0.372. The fourth-order valence-electron chi connectivity index (χ4n) is 2.19. The third kappa shape index (κ3) is 2.22. The van der Waals surface area contributed by atoms with Crippen LogP contribution in [0.3, 0.4) is 0 Å². The van der Waals surface area contributed by atoms with Gasteiger partial charge in [-0.25, -0.2) is 0 Å². The highest BCUT2D eigenvalue weighted by atomic mass is 16.5. The topological polar surface area (TPSA) is 15.7 Å². The van der Waals surface area contributed by atoms with Crippen LogP contribution in [0.2, 0.25) is 0 Å². The van der Waals surface area contributed by atoms with Crippen LogP contribution < -0.4 is 0 Å². The molecule has 3 saturated heterocycles. The average Bonchev–Trinajstić information content (AvgIpc) is 2.17. The fourth-order valence-corrected chi connectivity index (χ4v) is 2.19. The van der Waals surface area contributed by atoms with Crippen molar-refractivity contribution in [2.45, 2.75) is 26.0 Å². The molecule has 3 heteroatoms. The maximum Gasteiger partial charge on any atom is 0.0637 e. The minimum atomic E-state index is 0.372. The van der Waals surface area contributed by atoms with E-state index >= 15 is 0 Å². The van der Waals surface area contributed by atoms with Crippen molar-refractivity contribution < 1.29 is 4.74 Å². The van der Waals surface area contributed by atoms with E-state index in [1.165, 1.54) is 32.7 Å². The van der Waals surface area contributed by atoms with Crippen molar-refractivity contribution in [1.29, 1.82) is 0 Å². The summed E-state index contributed by atoms with van der Waals surface area (Å²) >= 11 is 0. The highest BCUT2D eigenvalue weighted by molar-refractivity contribution is 4.87. The molecule has 1 atom stereocenters. The van der Waals surface area contributed by atoms with Gasteiger partial charge in [0.15, 0.2) is 0 Å². The lowest BCUT2D eigenvalue weighted by Crippen LogP contribution is -2.62. The zero-order valence-electron chi connectivity index (χ0n) is 8.70. The van der Waals surface area contributed by atoms with Crippen LogP contribution in [-0.4, -0.2) is 61.3 Å². The molecular weight excluding hydrogens is 164 g/mol. The Hall–Kier alpha value is -0.120. The molecule has 0 aromatic rings. The Morgan fingerprint density at radius 1 is 1.23 bits per heavy atom. The summed E-state index contributed by atoms with van der Waals surface area (Å²) in [5, 5.41) is 0. The van der Waals surface area contributed by atoms with E-state index in [0.717, 1.165) is 6.61 Å². The van der Waals surface area contributed by atoms with Crippen molar-refractivity contribution in [3.05, 3.63) is 0 Å². The molecule has 0 aliphatic carbocycles. The van der Waals surface area contributed by atoms with Gasteiger partial charge in [-0.3, -0.25) is 9.80 Å². The maximum absolute atomic E-state index is 5.67. The molecule has 3 rings (SSSR count). The van der Waals surface area contributed by atoms with Crippen molar-refractivity contribution in [1.82, 2.24) is 9.80 Å². The number of ether oxygens (including phenoxy) is 1. The first-order valence-electron chi connectivity index (χ1n) is 5.33. The van der Waals surface area contributed by atoms with Gasteiger partial charge in [-0.05, 0) is 13.8 Å². The lowest BCUT2D eigenvalue weighted by molar-refractivity contribution is -0.0425. The molecule has 76 valence electrons. The predicted molar refractivity (Wildman–Crippen MR) is 52.9 cm³/mol. The summed E-state index contributed by atoms with van der Waals surface area (Å²) in [5.41, 5.74) is 0.